The van der Waals surface area contributed by atoms with Gasteiger partial charge in [-0.2, -0.15) is 4.31 Å². The predicted molar refractivity (Wildman–Crippen MR) is 141 cm³/mol. The summed E-state index contributed by atoms with van der Waals surface area (Å²) in [5.74, 6) is -15.7. The average Bonchev–Trinajstić information content (AvgIpc) is 3.52. The zero-order chi connectivity index (χ0) is 31.9. The van der Waals surface area contributed by atoms with Crippen molar-refractivity contribution in [3.05, 3.63) is 88.3 Å². The molecule has 2 heterocycles. The van der Waals surface area contributed by atoms with Crippen molar-refractivity contribution in [1.82, 2.24) is 14.8 Å². The molecule has 0 bridgehead atoms. The van der Waals surface area contributed by atoms with E-state index >= 15 is 4.39 Å². The molecule has 9 nitrogen and oxygen atoms in total. The molecule has 0 spiro atoms. The molecule has 234 valence electrons. The minimum Gasteiger partial charge on any atom is -0.302 e. The highest BCUT2D eigenvalue weighted by Crippen LogP contribution is 2.36. The van der Waals surface area contributed by atoms with Crippen LogP contribution < -0.4 is 10.4 Å². The Labute approximate surface area is 247 Å². The lowest BCUT2D eigenvalue weighted by molar-refractivity contribution is -0.125. The zero-order valence-electron chi connectivity index (χ0n) is 22.7. The van der Waals surface area contributed by atoms with Crippen molar-refractivity contribution in [2.75, 3.05) is 11.4 Å². The Hall–Kier alpha value is -4.02. The number of sulfonamides is 1. The number of halogens is 6. The minimum atomic E-state index is -5.46. The molecule has 2 fully saturated rings. The molecule has 2 aliphatic rings. The lowest BCUT2D eigenvalue weighted by Crippen LogP contribution is -2.59. The fourth-order valence-corrected chi connectivity index (χ4v) is 7.15. The molecule has 1 aliphatic carbocycles. The van der Waals surface area contributed by atoms with E-state index in [1.54, 1.807) is 18.3 Å². The molecule has 1 saturated heterocycles. The van der Waals surface area contributed by atoms with Gasteiger partial charge in [-0.15, -0.1) is 0 Å². The second-order valence-corrected chi connectivity index (χ2v) is 12.2. The number of anilines is 1. The summed E-state index contributed by atoms with van der Waals surface area (Å²) in [6.07, 6.45) is 5.50. The molecule has 1 saturated carbocycles. The quantitative estimate of drug-likeness (QED) is 0.121. The predicted octanol–water partition coefficient (Wildman–Crippen LogP) is 4.69. The molecule has 1 atom stereocenters. The van der Waals surface area contributed by atoms with Crippen molar-refractivity contribution >= 4 is 27.5 Å². The van der Waals surface area contributed by atoms with E-state index in [2.05, 4.69) is 4.98 Å². The van der Waals surface area contributed by atoms with E-state index in [-0.39, 0.29) is 22.0 Å². The number of hydrogen-bond acceptors (Lipinski definition) is 6. The van der Waals surface area contributed by atoms with Crippen LogP contribution in [0, 0.1) is 34.9 Å². The van der Waals surface area contributed by atoms with Gasteiger partial charge in [0.2, 0.25) is 21.7 Å². The van der Waals surface area contributed by atoms with E-state index in [1.165, 1.54) is 5.48 Å². The van der Waals surface area contributed by atoms with E-state index in [0.717, 1.165) is 48.3 Å². The molecule has 16 heteroatoms. The van der Waals surface area contributed by atoms with Gasteiger partial charge in [0.05, 0.1) is 17.9 Å². The van der Waals surface area contributed by atoms with Crippen LogP contribution in [0.3, 0.4) is 0 Å². The van der Waals surface area contributed by atoms with Gasteiger partial charge in [-0.05, 0) is 55.0 Å². The van der Waals surface area contributed by atoms with Crippen LogP contribution >= 0.6 is 0 Å². The Kier molecular flexibility index (Phi) is 8.68. The standard InChI is InChI=1S/C28H24F6N4O5S/c29-18-11-15(27(39)36-41)6-8-19(18)37(13-17-7-5-16(12-35-17)14-3-1-2-4-14)28(40)20-9-10-38(20)44(42,43)26-24(33)22(31)21(30)23(32)25(26)34/h5-8,11-12,14,20,41H,1-4,9-10,13H2,(H,36,39)/t20-/m1/s1. The summed E-state index contributed by atoms with van der Waals surface area (Å²) in [5.41, 5.74) is 1.80. The van der Waals surface area contributed by atoms with E-state index in [9.17, 15) is 40.0 Å². The number of hydroxylamine groups is 1. The van der Waals surface area contributed by atoms with Crippen LogP contribution in [0.25, 0.3) is 0 Å². The van der Waals surface area contributed by atoms with Crippen molar-refractivity contribution in [3.63, 3.8) is 0 Å². The van der Waals surface area contributed by atoms with Crippen LogP contribution in [-0.4, -0.2) is 47.3 Å². The topological polar surface area (TPSA) is 120 Å². The summed E-state index contributed by atoms with van der Waals surface area (Å²) >= 11 is 0. The first kappa shape index (κ1) is 31.4. The van der Waals surface area contributed by atoms with Gasteiger partial charge in [0.1, 0.15) is 11.9 Å². The summed E-state index contributed by atoms with van der Waals surface area (Å²) in [5, 5.41) is 8.86. The van der Waals surface area contributed by atoms with E-state index < -0.39 is 86.5 Å². The number of hydrogen-bond donors (Lipinski definition) is 2. The average molecular weight is 643 g/mol. The molecule has 2 aromatic carbocycles. The van der Waals surface area contributed by atoms with Gasteiger partial charge in [-0.3, -0.25) is 19.8 Å². The van der Waals surface area contributed by atoms with Crippen LogP contribution in [0.15, 0.2) is 41.4 Å². The number of nitrogens with one attached hydrogen (secondary N) is 1. The third-order valence-electron chi connectivity index (χ3n) is 7.85. The third-order valence-corrected chi connectivity index (χ3v) is 9.78. The minimum absolute atomic E-state index is 0.232. The van der Waals surface area contributed by atoms with Gasteiger partial charge in [-0.1, -0.05) is 18.9 Å². The van der Waals surface area contributed by atoms with Crippen molar-refractivity contribution in [3.8, 4) is 0 Å². The van der Waals surface area contributed by atoms with Crippen molar-refractivity contribution in [2.24, 2.45) is 0 Å². The third kappa shape index (κ3) is 5.52. The fourth-order valence-electron chi connectivity index (χ4n) is 5.41. The van der Waals surface area contributed by atoms with E-state index in [1.807, 2.05) is 0 Å². The number of pyridine rings is 1. The highest BCUT2D eigenvalue weighted by Gasteiger charge is 2.48. The smallest absolute Gasteiger partial charge is 0.274 e. The van der Waals surface area contributed by atoms with Crippen molar-refractivity contribution < 1.29 is 49.6 Å². The molecule has 5 rings (SSSR count). The number of rotatable bonds is 8. The SMILES string of the molecule is O=C(NO)c1ccc(N(Cc2ccc(C3CCCC3)cn2)C(=O)[C@H]2CCN2S(=O)(=O)c2c(F)c(F)c(F)c(F)c2F)c(F)c1. The molecule has 1 aromatic heterocycles. The van der Waals surface area contributed by atoms with Crippen molar-refractivity contribution in [1.29, 1.82) is 0 Å². The van der Waals surface area contributed by atoms with Gasteiger partial charge in [-0.25, -0.2) is 40.2 Å². The van der Waals surface area contributed by atoms with Gasteiger partial charge in [0.25, 0.3) is 5.91 Å². The van der Waals surface area contributed by atoms with Gasteiger partial charge in [0.15, 0.2) is 28.2 Å². The van der Waals surface area contributed by atoms with Gasteiger partial charge in [0, 0.05) is 18.3 Å². The zero-order valence-corrected chi connectivity index (χ0v) is 23.5. The monoisotopic (exact) mass is 642 g/mol. The molecule has 2 N–H and O–H groups in total. The first-order valence-electron chi connectivity index (χ1n) is 13.4. The van der Waals surface area contributed by atoms with E-state index in [4.69, 9.17) is 5.21 Å². The number of carbonyl (C=O) groups excluding carboxylic acids is 2. The van der Waals surface area contributed by atoms with Crippen LogP contribution in [0.4, 0.5) is 32.0 Å². The van der Waals surface area contributed by atoms with Crippen LogP contribution in [0.2, 0.25) is 0 Å². The molecule has 2 amide bonds. The number of aromatic nitrogens is 1. The first-order valence-corrected chi connectivity index (χ1v) is 14.8. The second kappa shape index (κ2) is 12.2. The molecule has 3 aromatic rings. The summed E-state index contributed by atoms with van der Waals surface area (Å²) in [6, 6.07) is 4.49. The maximum Gasteiger partial charge on any atom is 0.274 e. The lowest BCUT2D eigenvalue weighted by atomic mass is 9.99. The summed E-state index contributed by atoms with van der Waals surface area (Å²) < 4.78 is 112. The second-order valence-electron chi connectivity index (χ2n) is 10.4. The molecule has 0 radical (unpaired) electrons. The van der Waals surface area contributed by atoms with Gasteiger partial charge < -0.3 is 4.90 Å². The normalized spacial score (nSPS) is 17.4. The largest absolute Gasteiger partial charge is 0.302 e. The summed E-state index contributed by atoms with van der Waals surface area (Å²) in [7, 11) is -5.46. The maximum absolute atomic E-state index is 15.3. The fraction of sp³-hybridized carbons (Fsp3) is 0.321. The van der Waals surface area contributed by atoms with E-state index in [0.29, 0.717) is 12.0 Å². The first-order chi connectivity index (χ1) is 20.9. The Morgan fingerprint density at radius 1 is 0.932 bits per heavy atom. The molecule has 0 unspecified atom stereocenters. The van der Waals surface area contributed by atoms with Gasteiger partial charge >= 0.3 is 0 Å². The molecule has 1 aliphatic heterocycles. The maximum atomic E-state index is 15.3. The number of benzene rings is 2. The molecular formula is C28H24F6N4O5S. The number of nitrogens with zero attached hydrogens (tertiary/aromatic N) is 3. The Bertz CT molecular complexity index is 1710. The summed E-state index contributed by atoms with van der Waals surface area (Å²) in [4.78, 5) is 28.6. The van der Waals surface area contributed by atoms with Crippen LogP contribution in [0.1, 0.15) is 59.6 Å². The Balaban J connectivity index is 1.50. The van der Waals surface area contributed by atoms with Crippen molar-refractivity contribution in [2.45, 2.75) is 55.5 Å². The number of carbonyl (C=O) groups is 2. The number of amides is 2. The molecule has 44 heavy (non-hydrogen) atoms. The Morgan fingerprint density at radius 2 is 1.57 bits per heavy atom. The Morgan fingerprint density at radius 3 is 2.09 bits per heavy atom. The molecular weight excluding hydrogens is 618 g/mol. The lowest BCUT2D eigenvalue weighted by Gasteiger charge is -2.41. The van der Waals surface area contributed by atoms with Crippen LogP contribution in [0.5, 0.6) is 0 Å². The summed E-state index contributed by atoms with van der Waals surface area (Å²) in [6.45, 7) is -0.933. The highest BCUT2D eigenvalue weighted by atomic mass is 32.2. The highest BCUT2D eigenvalue weighted by molar-refractivity contribution is 7.89. The van der Waals surface area contributed by atoms with Crippen LogP contribution in [-0.2, 0) is 21.4 Å².